The molecule has 9 nitrogen and oxygen atoms in total. The van der Waals surface area contributed by atoms with Crippen LogP contribution in [0, 0.1) is 27.6 Å². The number of nitriles is 1. The maximum atomic E-state index is 13.4. The summed E-state index contributed by atoms with van der Waals surface area (Å²) in [5.74, 6) is 0.379. The Bertz CT molecular complexity index is 1210. The minimum atomic E-state index is -0.702. The molecule has 2 aromatic heterocycles. The molecule has 212 valence electrons. The Morgan fingerprint density at radius 2 is 1.92 bits per heavy atom. The van der Waals surface area contributed by atoms with Gasteiger partial charge in [0.05, 0.1) is 35.7 Å². The molecule has 13 heteroatoms. The molecule has 3 aliphatic rings. The van der Waals surface area contributed by atoms with Gasteiger partial charge in [0, 0.05) is 18.1 Å². The first kappa shape index (κ1) is 31.0. The number of nitrogens with zero attached hydrogens (tertiary/aromatic N) is 4. The highest BCUT2D eigenvalue weighted by Gasteiger charge is 2.48. The lowest BCUT2D eigenvalue weighted by Gasteiger charge is -2.29. The van der Waals surface area contributed by atoms with Crippen molar-refractivity contribution in [1.29, 1.82) is 16.1 Å². The lowest BCUT2D eigenvalue weighted by Crippen LogP contribution is -2.29. The maximum absolute atomic E-state index is 13.4. The number of alkyl halides is 2. The number of pyridine rings is 1. The molecule has 0 unspecified atom stereocenters. The fourth-order valence-corrected chi connectivity index (χ4v) is 6.12. The second kappa shape index (κ2) is 13.7. The summed E-state index contributed by atoms with van der Waals surface area (Å²) in [5, 5.41) is 29.1. The van der Waals surface area contributed by atoms with Gasteiger partial charge in [0.15, 0.2) is 0 Å². The number of likely N-dealkylation sites (tertiary alicyclic amines) is 1. The quantitative estimate of drug-likeness (QED) is 0.157. The normalized spacial score (nSPS) is 19.0. The van der Waals surface area contributed by atoms with E-state index >= 15 is 0 Å². The van der Waals surface area contributed by atoms with Crippen molar-refractivity contribution in [3.63, 3.8) is 0 Å². The monoisotopic (exact) mass is 578 g/mol. The number of carbonyl (C=O) groups is 1. The molecular formula is C26H36F2N8OS2. The van der Waals surface area contributed by atoms with E-state index in [1.54, 1.807) is 13.2 Å². The molecule has 1 saturated heterocycles. The van der Waals surface area contributed by atoms with Crippen molar-refractivity contribution >= 4 is 45.9 Å². The van der Waals surface area contributed by atoms with Gasteiger partial charge in [-0.25, -0.2) is 9.37 Å². The van der Waals surface area contributed by atoms with Crippen molar-refractivity contribution in [3.8, 4) is 6.07 Å². The number of hydrogen-bond donors (Lipinski definition) is 4. The summed E-state index contributed by atoms with van der Waals surface area (Å²) in [5.41, 5.74) is 1.52. The van der Waals surface area contributed by atoms with Crippen LogP contribution in [0.25, 0.3) is 5.65 Å². The molecule has 5 rings (SSSR count). The third kappa shape index (κ3) is 7.36. The van der Waals surface area contributed by atoms with Gasteiger partial charge in [-0.3, -0.25) is 29.1 Å². The minimum Gasteiger partial charge on any atom is -0.362 e. The van der Waals surface area contributed by atoms with Gasteiger partial charge < -0.3 is 10.2 Å². The molecule has 2 aliphatic carbocycles. The Labute approximate surface area is 236 Å². The third-order valence-electron chi connectivity index (χ3n) is 7.22. The number of carbonyl (C=O) groups excluding carboxylic acids is 1. The van der Waals surface area contributed by atoms with Crippen LogP contribution in [0.15, 0.2) is 23.4 Å². The summed E-state index contributed by atoms with van der Waals surface area (Å²) in [6.07, 6.45) is 9.46. The summed E-state index contributed by atoms with van der Waals surface area (Å²) in [7, 11) is 4.20. The van der Waals surface area contributed by atoms with Crippen LogP contribution in [-0.2, 0) is 4.79 Å². The van der Waals surface area contributed by atoms with E-state index in [1.807, 2.05) is 10.6 Å². The average Bonchev–Trinajstić information content (AvgIpc) is 3.89. The van der Waals surface area contributed by atoms with Crippen LogP contribution in [0.2, 0.25) is 0 Å². The lowest BCUT2D eigenvalue weighted by molar-refractivity contribution is -0.109. The number of nitrogens with one attached hydrogen (secondary N) is 4. The highest BCUT2D eigenvalue weighted by molar-refractivity contribution is 8.26. The number of halogens is 2. The first-order valence-electron chi connectivity index (χ1n) is 12.8. The van der Waals surface area contributed by atoms with Gasteiger partial charge >= 0.3 is 0 Å². The summed E-state index contributed by atoms with van der Waals surface area (Å²) < 4.78 is 28.2. The Morgan fingerprint density at radius 3 is 2.44 bits per heavy atom. The van der Waals surface area contributed by atoms with Crippen molar-refractivity contribution in [1.82, 2.24) is 24.3 Å². The number of thioether (sulfide) groups is 1. The predicted molar refractivity (Wildman–Crippen MR) is 153 cm³/mol. The van der Waals surface area contributed by atoms with E-state index in [9.17, 15) is 14.0 Å². The molecular weight excluding hydrogens is 542 g/mol. The summed E-state index contributed by atoms with van der Waals surface area (Å²) in [6, 6.07) is 4.40. The molecule has 4 N–H and O–H groups in total. The van der Waals surface area contributed by atoms with Crippen molar-refractivity contribution < 1.29 is 13.6 Å². The van der Waals surface area contributed by atoms with E-state index in [1.165, 1.54) is 11.9 Å². The highest BCUT2D eigenvalue weighted by Crippen LogP contribution is 2.49. The van der Waals surface area contributed by atoms with Crippen LogP contribution in [0.5, 0.6) is 0 Å². The highest BCUT2D eigenvalue weighted by atomic mass is 32.2. The SMILES string of the molecule is CF.CN1CCC(c2cc(SNC3(CF)CC3)cn3c(C(=N)SC(=N)C4(C#N)CC4)cnc23)CC1.CNC=O. The first-order valence-corrected chi connectivity index (χ1v) is 14.4. The van der Waals surface area contributed by atoms with Gasteiger partial charge in [-0.2, -0.15) is 5.26 Å². The fourth-order valence-electron chi connectivity index (χ4n) is 4.28. The molecule has 1 amide bonds. The molecule has 0 spiro atoms. The van der Waals surface area contributed by atoms with E-state index in [0.29, 0.717) is 38.0 Å². The van der Waals surface area contributed by atoms with Crippen LogP contribution in [0.4, 0.5) is 8.78 Å². The standard InChI is InChI=1S/C23H28FN7S2.C2H5NO.CH3F/c1-30-8-2-15(3-9-30)17-10-16(33-29-23(13-24)6-7-23)12-31-18(11-28-20(17)31)19(26)32-21(27)22(14-25)4-5-22;1-3-2-4;1-2/h10-12,15,26-27,29H,2-9,13H2,1H3;2H,1H3,(H,3,4);1H3. The molecule has 3 fully saturated rings. The predicted octanol–water partition coefficient (Wildman–Crippen LogP) is 4.53. The number of aromatic nitrogens is 2. The number of hydrogen-bond acceptors (Lipinski definition) is 9. The zero-order valence-corrected chi connectivity index (χ0v) is 24.2. The number of piperidine rings is 1. The van der Waals surface area contributed by atoms with E-state index in [4.69, 9.17) is 15.6 Å². The van der Waals surface area contributed by atoms with Crippen LogP contribution in [0.1, 0.15) is 55.7 Å². The summed E-state index contributed by atoms with van der Waals surface area (Å²) in [6.45, 7) is 1.69. The van der Waals surface area contributed by atoms with Crippen molar-refractivity contribution in [2.24, 2.45) is 5.41 Å². The zero-order chi connectivity index (χ0) is 28.6. The second-order valence-electron chi connectivity index (χ2n) is 10.0. The van der Waals surface area contributed by atoms with Crippen LogP contribution in [-0.4, -0.2) is 77.4 Å². The summed E-state index contributed by atoms with van der Waals surface area (Å²) >= 11 is 2.50. The van der Waals surface area contributed by atoms with Crippen LogP contribution in [0.3, 0.4) is 0 Å². The van der Waals surface area contributed by atoms with Crippen molar-refractivity contribution in [2.75, 3.05) is 41.0 Å². The Morgan fingerprint density at radius 1 is 1.28 bits per heavy atom. The smallest absolute Gasteiger partial charge is 0.206 e. The fraction of sp³-hybridized carbons (Fsp3) is 0.577. The lowest BCUT2D eigenvalue weighted by atomic mass is 9.90. The molecule has 2 aromatic rings. The van der Waals surface area contributed by atoms with Gasteiger partial charge in [0.1, 0.15) is 22.8 Å². The molecule has 1 aliphatic heterocycles. The maximum Gasteiger partial charge on any atom is 0.206 e. The van der Waals surface area contributed by atoms with Crippen LogP contribution < -0.4 is 10.0 Å². The molecule has 0 bridgehead atoms. The zero-order valence-electron chi connectivity index (χ0n) is 22.5. The van der Waals surface area contributed by atoms with Crippen molar-refractivity contribution in [3.05, 3.63) is 29.7 Å². The Balaban J connectivity index is 0.000000644. The molecule has 3 heterocycles. The van der Waals surface area contributed by atoms with Gasteiger partial charge in [-0.15, -0.1) is 0 Å². The average molecular weight is 579 g/mol. The molecule has 0 atom stereocenters. The topological polar surface area (TPSA) is 133 Å². The molecule has 0 aromatic carbocycles. The summed E-state index contributed by atoms with van der Waals surface area (Å²) in [4.78, 5) is 17.1. The number of imidazole rings is 1. The third-order valence-corrected chi connectivity index (χ3v) is 9.22. The van der Waals surface area contributed by atoms with Crippen LogP contribution >= 0.6 is 23.7 Å². The second-order valence-corrected chi connectivity index (χ2v) is 11.9. The largest absolute Gasteiger partial charge is 0.362 e. The number of rotatable bonds is 8. The van der Waals surface area contributed by atoms with E-state index in [0.717, 1.165) is 66.6 Å². The molecule has 0 radical (unpaired) electrons. The molecule has 2 saturated carbocycles. The van der Waals surface area contributed by atoms with Crippen molar-refractivity contribution in [2.45, 2.75) is 54.9 Å². The first-order chi connectivity index (χ1) is 18.8. The van der Waals surface area contributed by atoms with Gasteiger partial charge in [0.25, 0.3) is 0 Å². The van der Waals surface area contributed by atoms with E-state index < -0.39 is 11.0 Å². The van der Waals surface area contributed by atoms with Gasteiger partial charge in [0.2, 0.25) is 6.41 Å². The Hall–Kier alpha value is -2.53. The van der Waals surface area contributed by atoms with Gasteiger partial charge in [-0.1, -0.05) is 11.8 Å². The number of amides is 1. The van der Waals surface area contributed by atoms with Gasteiger partial charge in [-0.05, 0) is 88.2 Å². The van der Waals surface area contributed by atoms with E-state index in [2.05, 4.69) is 39.1 Å². The Kier molecular flexibility index (Phi) is 10.9. The minimum absolute atomic E-state index is 0.223. The number of fused-ring (bicyclic) bond motifs is 1. The van der Waals surface area contributed by atoms with E-state index in [-0.39, 0.29) is 16.8 Å². The molecule has 39 heavy (non-hydrogen) atoms.